The Morgan fingerprint density at radius 3 is 2.82 bits per heavy atom. The average Bonchev–Trinajstić information content (AvgIpc) is 2.22. The van der Waals surface area contributed by atoms with Crippen molar-refractivity contribution in [3.05, 3.63) is 17.6 Å². The molecule has 0 bridgehead atoms. The third kappa shape index (κ3) is 3.14. The molecule has 1 aliphatic heterocycles. The molecule has 0 aliphatic carbocycles. The van der Waals surface area contributed by atoms with Crippen LogP contribution in [0.15, 0.2) is 6.07 Å². The van der Waals surface area contributed by atoms with Crippen molar-refractivity contribution in [1.29, 1.82) is 0 Å². The lowest BCUT2D eigenvalue weighted by molar-refractivity contribution is 0.0980. The van der Waals surface area contributed by atoms with Gasteiger partial charge in [0.1, 0.15) is 11.6 Å². The summed E-state index contributed by atoms with van der Waals surface area (Å²) in [5, 5.41) is 0. The number of piperazine rings is 1. The van der Waals surface area contributed by atoms with Gasteiger partial charge in [0.25, 0.3) is 0 Å². The molecule has 0 spiro atoms. The van der Waals surface area contributed by atoms with E-state index in [0.29, 0.717) is 11.9 Å². The molecule has 17 heavy (non-hydrogen) atoms. The Labute approximate surface area is 103 Å². The molecule has 1 aliphatic rings. The number of hydrogen-bond donors (Lipinski definition) is 1. The third-order valence-electron chi connectivity index (χ3n) is 3.33. The summed E-state index contributed by atoms with van der Waals surface area (Å²) in [7, 11) is 2.17. The Hall–Kier alpha value is -1.20. The number of nitrogens with two attached hydrogens (primary N) is 1. The van der Waals surface area contributed by atoms with Gasteiger partial charge in [0.05, 0.1) is 6.54 Å². The summed E-state index contributed by atoms with van der Waals surface area (Å²) in [5.41, 5.74) is 6.68. The van der Waals surface area contributed by atoms with E-state index in [-0.39, 0.29) is 0 Å². The molecule has 2 heterocycles. The van der Waals surface area contributed by atoms with E-state index in [0.717, 1.165) is 37.7 Å². The van der Waals surface area contributed by atoms with Crippen LogP contribution < -0.4 is 5.73 Å². The Morgan fingerprint density at radius 1 is 1.41 bits per heavy atom. The number of nitrogens with zero attached hydrogens (tertiary/aromatic N) is 4. The van der Waals surface area contributed by atoms with Crippen LogP contribution in [0.3, 0.4) is 0 Å². The van der Waals surface area contributed by atoms with Gasteiger partial charge in [-0.15, -0.1) is 0 Å². The molecule has 2 N–H and O–H groups in total. The Morgan fingerprint density at radius 2 is 2.18 bits per heavy atom. The first-order valence-corrected chi connectivity index (χ1v) is 6.07. The number of aryl methyl sites for hydroxylation is 1. The maximum Gasteiger partial charge on any atom is 0.144 e. The standard InChI is InChI=1S/C12H21N5/c1-9-6-11(13)15-12(14-9)8-17-5-4-16(3)10(2)7-17/h6,10H,4-5,7-8H2,1-3H3,(H2,13,14,15). The fraction of sp³-hybridized carbons (Fsp3) is 0.667. The van der Waals surface area contributed by atoms with Crippen LogP contribution in [-0.4, -0.2) is 52.5 Å². The Kier molecular flexibility index (Phi) is 3.59. The molecule has 0 aromatic carbocycles. The molecule has 0 amide bonds. The molecule has 94 valence electrons. The smallest absolute Gasteiger partial charge is 0.144 e. The number of aromatic nitrogens is 2. The topological polar surface area (TPSA) is 58.3 Å². The summed E-state index contributed by atoms with van der Waals surface area (Å²) in [5.74, 6) is 1.40. The highest BCUT2D eigenvalue weighted by atomic mass is 15.3. The molecule has 5 nitrogen and oxygen atoms in total. The van der Waals surface area contributed by atoms with Gasteiger partial charge in [-0.2, -0.15) is 0 Å². The monoisotopic (exact) mass is 235 g/mol. The van der Waals surface area contributed by atoms with Gasteiger partial charge in [0, 0.05) is 37.4 Å². The first kappa shape index (κ1) is 12.3. The largest absolute Gasteiger partial charge is 0.384 e. The molecule has 2 rings (SSSR count). The van der Waals surface area contributed by atoms with E-state index in [1.54, 1.807) is 6.07 Å². The zero-order chi connectivity index (χ0) is 12.4. The fourth-order valence-electron chi connectivity index (χ4n) is 2.19. The summed E-state index contributed by atoms with van der Waals surface area (Å²) in [6.07, 6.45) is 0. The molecule has 1 fully saturated rings. The van der Waals surface area contributed by atoms with E-state index in [4.69, 9.17) is 5.73 Å². The van der Waals surface area contributed by atoms with Gasteiger partial charge in [-0.3, -0.25) is 4.90 Å². The van der Waals surface area contributed by atoms with E-state index in [9.17, 15) is 0 Å². The predicted molar refractivity (Wildman–Crippen MR) is 68.6 cm³/mol. The lowest BCUT2D eigenvalue weighted by Gasteiger charge is -2.37. The van der Waals surface area contributed by atoms with E-state index in [1.165, 1.54) is 0 Å². The molecule has 1 unspecified atom stereocenters. The van der Waals surface area contributed by atoms with Crippen molar-refractivity contribution in [3.63, 3.8) is 0 Å². The number of nitrogen functional groups attached to an aromatic ring is 1. The van der Waals surface area contributed by atoms with E-state index in [2.05, 4.69) is 33.7 Å². The summed E-state index contributed by atoms with van der Waals surface area (Å²) in [4.78, 5) is 13.5. The van der Waals surface area contributed by atoms with Crippen molar-refractivity contribution < 1.29 is 0 Å². The quantitative estimate of drug-likeness (QED) is 0.809. The van der Waals surface area contributed by atoms with Crippen molar-refractivity contribution in [1.82, 2.24) is 19.8 Å². The van der Waals surface area contributed by atoms with Gasteiger partial charge in [0.15, 0.2) is 0 Å². The molecule has 0 radical (unpaired) electrons. The Bertz CT molecular complexity index is 372. The second-order valence-electron chi connectivity index (χ2n) is 4.92. The lowest BCUT2D eigenvalue weighted by Crippen LogP contribution is -2.49. The van der Waals surface area contributed by atoms with Crippen molar-refractivity contribution in [2.24, 2.45) is 0 Å². The summed E-state index contributed by atoms with van der Waals surface area (Å²) in [6, 6.07) is 2.39. The SMILES string of the molecule is Cc1cc(N)nc(CN2CCN(C)C(C)C2)n1. The van der Waals surface area contributed by atoms with Crippen LogP contribution in [0.25, 0.3) is 0 Å². The molecule has 1 aromatic rings. The van der Waals surface area contributed by atoms with E-state index >= 15 is 0 Å². The van der Waals surface area contributed by atoms with Crippen molar-refractivity contribution in [2.75, 3.05) is 32.4 Å². The number of anilines is 1. The Balaban J connectivity index is 2.01. The summed E-state index contributed by atoms with van der Waals surface area (Å²) >= 11 is 0. The van der Waals surface area contributed by atoms with Gasteiger partial charge in [-0.1, -0.05) is 0 Å². The first-order valence-electron chi connectivity index (χ1n) is 6.07. The van der Waals surface area contributed by atoms with Gasteiger partial charge < -0.3 is 10.6 Å². The third-order valence-corrected chi connectivity index (χ3v) is 3.33. The highest BCUT2D eigenvalue weighted by Gasteiger charge is 2.21. The number of hydrogen-bond acceptors (Lipinski definition) is 5. The zero-order valence-electron chi connectivity index (χ0n) is 10.8. The zero-order valence-corrected chi connectivity index (χ0v) is 10.8. The first-order chi connectivity index (χ1) is 8.04. The molecule has 1 saturated heterocycles. The second kappa shape index (κ2) is 4.98. The fourth-order valence-corrected chi connectivity index (χ4v) is 2.19. The van der Waals surface area contributed by atoms with Crippen LogP contribution >= 0.6 is 0 Å². The molecule has 5 heteroatoms. The minimum absolute atomic E-state index is 0.565. The van der Waals surface area contributed by atoms with Crippen LogP contribution in [-0.2, 0) is 6.54 Å². The molecule has 0 saturated carbocycles. The summed E-state index contributed by atoms with van der Waals surface area (Å²) < 4.78 is 0. The molecule has 1 atom stereocenters. The van der Waals surface area contributed by atoms with Crippen molar-refractivity contribution >= 4 is 5.82 Å². The highest BCUT2D eigenvalue weighted by Crippen LogP contribution is 2.10. The maximum absolute atomic E-state index is 5.74. The highest BCUT2D eigenvalue weighted by molar-refractivity contribution is 5.29. The minimum Gasteiger partial charge on any atom is -0.384 e. The van der Waals surface area contributed by atoms with E-state index in [1.807, 2.05) is 6.92 Å². The van der Waals surface area contributed by atoms with Crippen LogP contribution in [0.4, 0.5) is 5.82 Å². The average molecular weight is 235 g/mol. The van der Waals surface area contributed by atoms with Crippen LogP contribution in [0.2, 0.25) is 0 Å². The summed E-state index contributed by atoms with van der Waals surface area (Å²) in [6.45, 7) is 8.23. The molecular formula is C12H21N5. The van der Waals surface area contributed by atoms with Crippen molar-refractivity contribution in [2.45, 2.75) is 26.4 Å². The minimum atomic E-state index is 0.565. The van der Waals surface area contributed by atoms with Gasteiger partial charge in [0.2, 0.25) is 0 Å². The molecule has 1 aromatic heterocycles. The van der Waals surface area contributed by atoms with Gasteiger partial charge >= 0.3 is 0 Å². The maximum atomic E-state index is 5.74. The van der Waals surface area contributed by atoms with Crippen molar-refractivity contribution in [3.8, 4) is 0 Å². The van der Waals surface area contributed by atoms with Crippen LogP contribution in [0, 0.1) is 6.92 Å². The number of likely N-dealkylation sites (N-methyl/N-ethyl adjacent to an activating group) is 1. The predicted octanol–water partition coefficient (Wildman–Crippen LogP) is 0.503. The lowest BCUT2D eigenvalue weighted by atomic mass is 10.2. The number of rotatable bonds is 2. The normalized spacial score (nSPS) is 22.9. The van der Waals surface area contributed by atoms with Gasteiger partial charge in [-0.05, 0) is 20.9 Å². The van der Waals surface area contributed by atoms with Crippen LogP contribution in [0.5, 0.6) is 0 Å². The molecular weight excluding hydrogens is 214 g/mol. The second-order valence-corrected chi connectivity index (χ2v) is 4.92. The van der Waals surface area contributed by atoms with E-state index < -0.39 is 0 Å². The van der Waals surface area contributed by atoms with Crippen LogP contribution in [0.1, 0.15) is 18.4 Å². The van der Waals surface area contributed by atoms with Gasteiger partial charge in [-0.25, -0.2) is 9.97 Å².